The predicted octanol–water partition coefficient (Wildman–Crippen LogP) is 3.95. The van der Waals surface area contributed by atoms with Crippen molar-refractivity contribution >= 4 is 23.1 Å². The van der Waals surface area contributed by atoms with Crippen LogP contribution in [0.25, 0.3) is 33.8 Å². The van der Waals surface area contributed by atoms with Crippen molar-refractivity contribution in [2.45, 2.75) is 32.0 Å². The lowest BCUT2D eigenvalue weighted by Gasteiger charge is -2.31. The molecule has 35 heavy (non-hydrogen) atoms. The number of pyridine rings is 1. The molecule has 0 radical (unpaired) electrons. The molecule has 1 atom stereocenters. The molecule has 0 spiro atoms. The Bertz CT molecular complexity index is 1400. The summed E-state index contributed by atoms with van der Waals surface area (Å²) < 4.78 is 46.5. The lowest BCUT2D eigenvalue weighted by atomic mass is 10.1. The van der Waals surface area contributed by atoms with Crippen LogP contribution in [0.1, 0.15) is 24.3 Å². The molecule has 1 saturated heterocycles. The summed E-state index contributed by atoms with van der Waals surface area (Å²) in [4.78, 5) is 32.0. The van der Waals surface area contributed by atoms with E-state index in [1.807, 2.05) is 0 Å². The standard InChI is InChI=1S/C21H19F3N8O3/c1-10-27-18(31-35-10)15-5-4-12-13(7-25-17(12)29-15)16-14(21(22,23)24)8-26-19(30-16)28-11-3-2-6-32(9-11)20(33)34/h4-5,7-8,11H,2-3,6,9H2,1H3,(H,25,29)(H,33,34)(H,26,28,30)/t11-/m0/s1. The highest BCUT2D eigenvalue weighted by molar-refractivity contribution is 5.94. The summed E-state index contributed by atoms with van der Waals surface area (Å²) in [5.74, 6) is 0.591. The molecule has 0 bridgehead atoms. The van der Waals surface area contributed by atoms with Gasteiger partial charge in [0.2, 0.25) is 17.7 Å². The molecule has 5 rings (SSSR count). The Morgan fingerprint density at radius 2 is 2.11 bits per heavy atom. The highest BCUT2D eigenvalue weighted by Gasteiger charge is 2.36. The molecule has 4 aromatic heterocycles. The van der Waals surface area contributed by atoms with Gasteiger partial charge in [-0.2, -0.15) is 18.2 Å². The Morgan fingerprint density at radius 3 is 2.83 bits per heavy atom. The van der Waals surface area contributed by atoms with Gasteiger partial charge in [-0.15, -0.1) is 0 Å². The number of aromatic nitrogens is 6. The van der Waals surface area contributed by atoms with E-state index in [4.69, 9.17) is 4.52 Å². The number of hydrogen-bond donors (Lipinski definition) is 3. The first-order chi connectivity index (χ1) is 16.7. The number of nitrogens with one attached hydrogen (secondary N) is 2. The third-order valence-corrected chi connectivity index (χ3v) is 5.67. The SMILES string of the molecule is Cc1nc(-c2ccc3c(-c4nc(N[C@H]5CCCN(C(=O)O)C5)ncc4C(F)(F)F)c[nH]c3n2)no1. The molecule has 4 aromatic rings. The number of fused-ring (bicyclic) bond motifs is 1. The number of amides is 1. The first kappa shape index (κ1) is 22.6. The fourth-order valence-electron chi connectivity index (χ4n) is 4.04. The highest BCUT2D eigenvalue weighted by Crippen LogP contribution is 2.38. The average Bonchev–Trinajstić information content (AvgIpc) is 3.44. The summed E-state index contributed by atoms with van der Waals surface area (Å²) in [5.41, 5.74) is -0.415. The Labute approximate surface area is 195 Å². The molecule has 0 saturated carbocycles. The number of nitrogens with zero attached hydrogens (tertiary/aromatic N) is 6. The first-order valence-electron chi connectivity index (χ1n) is 10.7. The maximum Gasteiger partial charge on any atom is 0.419 e. The molecule has 1 aliphatic heterocycles. The van der Waals surface area contributed by atoms with E-state index in [9.17, 15) is 23.1 Å². The van der Waals surface area contributed by atoms with Gasteiger partial charge in [0.1, 0.15) is 16.9 Å². The number of carbonyl (C=O) groups is 1. The molecule has 5 heterocycles. The molecular weight excluding hydrogens is 469 g/mol. The lowest BCUT2D eigenvalue weighted by molar-refractivity contribution is -0.137. The van der Waals surface area contributed by atoms with Crippen LogP contribution >= 0.6 is 0 Å². The summed E-state index contributed by atoms with van der Waals surface area (Å²) in [6.45, 7) is 2.22. The quantitative estimate of drug-likeness (QED) is 0.389. The normalized spacial score (nSPS) is 16.6. The van der Waals surface area contributed by atoms with Crippen molar-refractivity contribution in [3.05, 3.63) is 36.0 Å². The van der Waals surface area contributed by atoms with Crippen LogP contribution in [0.3, 0.4) is 0 Å². The van der Waals surface area contributed by atoms with Crippen molar-refractivity contribution in [3.63, 3.8) is 0 Å². The number of alkyl halides is 3. The Hall–Kier alpha value is -4.23. The maximum atomic E-state index is 13.8. The molecule has 11 nitrogen and oxygen atoms in total. The van der Waals surface area contributed by atoms with E-state index in [1.54, 1.807) is 19.1 Å². The number of rotatable bonds is 4. The van der Waals surface area contributed by atoms with Crippen molar-refractivity contribution in [2.24, 2.45) is 0 Å². The second kappa shape index (κ2) is 8.52. The topological polar surface area (TPSA) is 146 Å². The van der Waals surface area contributed by atoms with Crippen molar-refractivity contribution < 1.29 is 27.6 Å². The van der Waals surface area contributed by atoms with Crippen molar-refractivity contribution in [1.82, 2.24) is 35.0 Å². The smallest absolute Gasteiger partial charge is 0.419 e. The van der Waals surface area contributed by atoms with E-state index in [-0.39, 0.29) is 35.6 Å². The van der Waals surface area contributed by atoms with Crippen LogP contribution in [0.15, 0.2) is 29.0 Å². The maximum absolute atomic E-state index is 13.8. The van der Waals surface area contributed by atoms with Crippen molar-refractivity contribution in [2.75, 3.05) is 18.4 Å². The van der Waals surface area contributed by atoms with E-state index < -0.39 is 17.8 Å². The molecule has 0 unspecified atom stereocenters. The van der Waals surface area contributed by atoms with E-state index in [0.29, 0.717) is 42.0 Å². The van der Waals surface area contributed by atoms with Gasteiger partial charge in [-0.3, -0.25) is 0 Å². The zero-order chi connectivity index (χ0) is 24.7. The molecule has 0 aromatic carbocycles. The zero-order valence-corrected chi connectivity index (χ0v) is 18.3. The Morgan fingerprint density at radius 1 is 1.29 bits per heavy atom. The monoisotopic (exact) mass is 488 g/mol. The fraction of sp³-hybridized carbons (Fsp3) is 0.333. The summed E-state index contributed by atoms with van der Waals surface area (Å²) >= 11 is 0. The molecule has 1 aliphatic rings. The summed E-state index contributed by atoms with van der Waals surface area (Å²) in [7, 11) is 0. The van der Waals surface area contributed by atoms with Crippen LogP contribution in [0.4, 0.5) is 23.9 Å². The lowest BCUT2D eigenvalue weighted by Crippen LogP contribution is -2.44. The van der Waals surface area contributed by atoms with Gasteiger partial charge in [0, 0.05) is 49.4 Å². The number of halogens is 3. The minimum atomic E-state index is -4.70. The average molecular weight is 488 g/mol. The second-order valence-corrected chi connectivity index (χ2v) is 8.10. The van der Waals surface area contributed by atoms with E-state index in [2.05, 4.69) is 35.4 Å². The van der Waals surface area contributed by atoms with Gasteiger partial charge in [0.25, 0.3) is 0 Å². The van der Waals surface area contributed by atoms with Crippen LogP contribution in [0.5, 0.6) is 0 Å². The van der Waals surface area contributed by atoms with Gasteiger partial charge < -0.3 is 24.8 Å². The summed E-state index contributed by atoms with van der Waals surface area (Å²) in [6, 6.07) is 2.87. The van der Waals surface area contributed by atoms with Gasteiger partial charge in [0.05, 0.1) is 5.69 Å². The number of aromatic amines is 1. The van der Waals surface area contributed by atoms with Crippen molar-refractivity contribution in [3.8, 4) is 22.8 Å². The number of hydrogen-bond acceptors (Lipinski definition) is 8. The highest BCUT2D eigenvalue weighted by atomic mass is 19.4. The first-order valence-corrected chi connectivity index (χ1v) is 10.7. The fourth-order valence-corrected chi connectivity index (χ4v) is 4.04. The van der Waals surface area contributed by atoms with E-state index in [0.717, 1.165) is 6.20 Å². The largest absolute Gasteiger partial charge is 0.465 e. The van der Waals surface area contributed by atoms with Crippen LogP contribution < -0.4 is 5.32 Å². The molecule has 1 fully saturated rings. The Balaban J connectivity index is 1.52. The van der Waals surface area contributed by atoms with E-state index >= 15 is 0 Å². The zero-order valence-electron chi connectivity index (χ0n) is 18.3. The molecule has 14 heteroatoms. The molecule has 3 N–H and O–H groups in total. The summed E-state index contributed by atoms with van der Waals surface area (Å²) in [6.07, 6.45) is -2.36. The predicted molar refractivity (Wildman–Crippen MR) is 116 cm³/mol. The molecular formula is C21H19F3N8O3. The second-order valence-electron chi connectivity index (χ2n) is 8.10. The van der Waals surface area contributed by atoms with Crippen molar-refractivity contribution in [1.29, 1.82) is 0 Å². The third-order valence-electron chi connectivity index (χ3n) is 5.67. The molecule has 0 aliphatic carbocycles. The third kappa shape index (κ3) is 4.46. The van der Waals surface area contributed by atoms with Gasteiger partial charge in [-0.05, 0) is 25.0 Å². The van der Waals surface area contributed by atoms with Gasteiger partial charge >= 0.3 is 12.3 Å². The number of carboxylic acid groups (broad SMARTS) is 1. The number of likely N-dealkylation sites (tertiary alicyclic amines) is 1. The van der Waals surface area contributed by atoms with Gasteiger partial charge in [-0.1, -0.05) is 5.16 Å². The van der Waals surface area contributed by atoms with Crippen LogP contribution in [-0.2, 0) is 6.18 Å². The van der Waals surface area contributed by atoms with Crippen LogP contribution in [0, 0.1) is 6.92 Å². The van der Waals surface area contributed by atoms with Crippen LogP contribution in [0.2, 0.25) is 0 Å². The summed E-state index contributed by atoms with van der Waals surface area (Å²) in [5, 5.41) is 16.4. The van der Waals surface area contributed by atoms with Gasteiger partial charge in [0.15, 0.2) is 0 Å². The number of anilines is 1. The minimum Gasteiger partial charge on any atom is -0.465 e. The van der Waals surface area contributed by atoms with Gasteiger partial charge in [-0.25, -0.2) is 19.7 Å². The number of piperidine rings is 1. The minimum absolute atomic E-state index is 0.0218. The van der Waals surface area contributed by atoms with E-state index in [1.165, 1.54) is 11.1 Å². The molecule has 1 amide bonds. The number of aryl methyl sites for hydroxylation is 1. The molecule has 182 valence electrons. The van der Waals surface area contributed by atoms with Crippen LogP contribution in [-0.4, -0.2) is 65.3 Å². The number of H-pyrrole nitrogens is 1. The Kier molecular flexibility index (Phi) is 5.49.